The second kappa shape index (κ2) is 8.58. The molecule has 6 heteroatoms. The molecule has 1 atom stereocenters. The molecule has 0 bridgehead atoms. The number of ether oxygens (including phenoxy) is 2. The summed E-state index contributed by atoms with van der Waals surface area (Å²) >= 11 is 0. The summed E-state index contributed by atoms with van der Waals surface area (Å²) in [5.74, 6) is 0.660. The van der Waals surface area contributed by atoms with E-state index in [2.05, 4.69) is 10.6 Å². The first kappa shape index (κ1) is 18.8. The zero-order chi connectivity index (χ0) is 19.2. The fraction of sp³-hybridized carbons (Fsp3) is 0.333. The van der Waals surface area contributed by atoms with Crippen LogP contribution in [0, 0.1) is 5.92 Å². The normalized spacial score (nSPS) is 14.2. The predicted octanol–water partition coefficient (Wildman–Crippen LogP) is 3.24. The SMILES string of the molecule is CC(C)C(NC(=O)c1ccccc1)C(=O)Nc1ccc2c(c1)OCCCO2. The second-order valence-electron chi connectivity index (χ2n) is 6.76. The number of nitrogens with one attached hydrogen (secondary N) is 2. The van der Waals surface area contributed by atoms with E-state index in [1.807, 2.05) is 19.9 Å². The molecule has 2 aromatic rings. The van der Waals surface area contributed by atoms with Gasteiger partial charge in [0.1, 0.15) is 6.04 Å². The van der Waals surface area contributed by atoms with Crippen molar-refractivity contribution in [1.29, 1.82) is 0 Å². The first-order valence-corrected chi connectivity index (χ1v) is 9.11. The van der Waals surface area contributed by atoms with Crippen molar-refractivity contribution in [2.24, 2.45) is 5.92 Å². The summed E-state index contributed by atoms with van der Waals surface area (Å²) < 4.78 is 11.3. The van der Waals surface area contributed by atoms with E-state index in [-0.39, 0.29) is 17.7 Å². The van der Waals surface area contributed by atoms with Crippen LogP contribution in [-0.4, -0.2) is 31.1 Å². The molecule has 3 rings (SSSR count). The predicted molar refractivity (Wildman–Crippen MR) is 103 cm³/mol. The first-order valence-electron chi connectivity index (χ1n) is 9.11. The summed E-state index contributed by atoms with van der Waals surface area (Å²) in [6.07, 6.45) is 0.817. The second-order valence-corrected chi connectivity index (χ2v) is 6.76. The van der Waals surface area contributed by atoms with Crippen LogP contribution in [0.25, 0.3) is 0 Å². The van der Waals surface area contributed by atoms with Crippen LogP contribution in [0.3, 0.4) is 0 Å². The van der Waals surface area contributed by atoms with Crippen molar-refractivity contribution < 1.29 is 19.1 Å². The highest BCUT2D eigenvalue weighted by Gasteiger charge is 2.25. The molecule has 2 N–H and O–H groups in total. The molecule has 0 saturated heterocycles. The number of rotatable bonds is 5. The average Bonchev–Trinajstić information content (AvgIpc) is 2.91. The minimum Gasteiger partial charge on any atom is -0.490 e. The number of carbonyl (C=O) groups excluding carboxylic acids is 2. The molecule has 1 unspecified atom stereocenters. The van der Waals surface area contributed by atoms with E-state index in [1.54, 1.807) is 42.5 Å². The molecule has 0 radical (unpaired) electrons. The minimum absolute atomic E-state index is 0.0712. The monoisotopic (exact) mass is 368 g/mol. The van der Waals surface area contributed by atoms with Gasteiger partial charge in [0.05, 0.1) is 13.2 Å². The van der Waals surface area contributed by atoms with E-state index in [4.69, 9.17) is 9.47 Å². The van der Waals surface area contributed by atoms with Crippen LogP contribution < -0.4 is 20.1 Å². The van der Waals surface area contributed by atoms with E-state index in [1.165, 1.54) is 0 Å². The molecule has 0 aromatic heterocycles. The van der Waals surface area contributed by atoms with Gasteiger partial charge in [0.2, 0.25) is 5.91 Å². The molecule has 1 heterocycles. The zero-order valence-electron chi connectivity index (χ0n) is 15.5. The smallest absolute Gasteiger partial charge is 0.251 e. The third kappa shape index (κ3) is 4.78. The molecule has 0 saturated carbocycles. The van der Waals surface area contributed by atoms with E-state index >= 15 is 0 Å². The Hall–Kier alpha value is -3.02. The van der Waals surface area contributed by atoms with Crippen LogP contribution in [0.15, 0.2) is 48.5 Å². The summed E-state index contributed by atoms with van der Waals surface area (Å²) in [6.45, 7) is 4.97. The number of carbonyl (C=O) groups is 2. The number of amides is 2. The van der Waals surface area contributed by atoms with Gasteiger partial charge in [0, 0.05) is 23.7 Å². The molecular weight excluding hydrogens is 344 g/mol. The maximum Gasteiger partial charge on any atom is 0.251 e. The van der Waals surface area contributed by atoms with Gasteiger partial charge in [-0.05, 0) is 30.2 Å². The molecule has 1 aliphatic heterocycles. The maximum atomic E-state index is 12.8. The molecule has 0 fully saturated rings. The van der Waals surface area contributed by atoms with Gasteiger partial charge in [-0.1, -0.05) is 32.0 Å². The largest absolute Gasteiger partial charge is 0.490 e. The maximum absolute atomic E-state index is 12.8. The van der Waals surface area contributed by atoms with Crippen molar-refractivity contribution in [3.05, 3.63) is 54.1 Å². The molecule has 2 amide bonds. The highest BCUT2D eigenvalue weighted by atomic mass is 16.5. The fourth-order valence-electron chi connectivity index (χ4n) is 2.81. The molecule has 0 aliphatic carbocycles. The molecule has 6 nitrogen and oxygen atoms in total. The lowest BCUT2D eigenvalue weighted by atomic mass is 10.0. The Morgan fingerprint density at radius 1 is 0.963 bits per heavy atom. The van der Waals surface area contributed by atoms with E-state index in [9.17, 15) is 9.59 Å². The van der Waals surface area contributed by atoms with Crippen LogP contribution in [-0.2, 0) is 4.79 Å². The van der Waals surface area contributed by atoms with Gasteiger partial charge in [-0.15, -0.1) is 0 Å². The summed E-state index contributed by atoms with van der Waals surface area (Å²) in [4.78, 5) is 25.2. The van der Waals surface area contributed by atoms with E-state index in [0.29, 0.717) is 36.0 Å². The Morgan fingerprint density at radius 3 is 2.37 bits per heavy atom. The lowest BCUT2D eigenvalue weighted by molar-refractivity contribution is -0.118. The number of hydrogen-bond acceptors (Lipinski definition) is 4. The summed E-state index contributed by atoms with van der Waals surface area (Å²) in [6, 6.07) is 13.5. The van der Waals surface area contributed by atoms with Gasteiger partial charge in [0.25, 0.3) is 5.91 Å². The van der Waals surface area contributed by atoms with Crippen LogP contribution in [0.4, 0.5) is 5.69 Å². The quantitative estimate of drug-likeness (QED) is 0.849. The third-order valence-electron chi connectivity index (χ3n) is 4.29. The Morgan fingerprint density at radius 2 is 1.67 bits per heavy atom. The van der Waals surface area contributed by atoms with Crippen LogP contribution in [0.2, 0.25) is 0 Å². The first-order chi connectivity index (χ1) is 13.0. The van der Waals surface area contributed by atoms with Crippen LogP contribution in [0.1, 0.15) is 30.6 Å². The lowest BCUT2D eigenvalue weighted by Gasteiger charge is -2.22. The summed E-state index contributed by atoms with van der Waals surface area (Å²) in [5.41, 5.74) is 1.12. The Kier molecular flexibility index (Phi) is 5.96. The van der Waals surface area contributed by atoms with Crippen LogP contribution >= 0.6 is 0 Å². The van der Waals surface area contributed by atoms with Gasteiger partial charge in [0.15, 0.2) is 11.5 Å². The molecule has 0 spiro atoms. The standard InChI is InChI=1S/C21H24N2O4/c1-14(2)19(23-20(24)15-7-4-3-5-8-15)21(25)22-16-9-10-17-18(13-16)27-12-6-11-26-17/h3-5,7-10,13-14,19H,6,11-12H2,1-2H3,(H,22,25)(H,23,24). The number of hydrogen-bond donors (Lipinski definition) is 2. The highest BCUT2D eigenvalue weighted by molar-refractivity contribution is 6.01. The van der Waals surface area contributed by atoms with Gasteiger partial charge in [-0.2, -0.15) is 0 Å². The van der Waals surface area contributed by atoms with Crippen molar-refractivity contribution in [2.75, 3.05) is 18.5 Å². The Balaban J connectivity index is 1.70. The van der Waals surface area contributed by atoms with Crippen LogP contribution in [0.5, 0.6) is 11.5 Å². The Bertz CT molecular complexity index is 805. The van der Waals surface area contributed by atoms with Crippen molar-refractivity contribution in [2.45, 2.75) is 26.3 Å². The Labute approximate surface area is 158 Å². The third-order valence-corrected chi connectivity index (χ3v) is 4.29. The summed E-state index contributed by atoms with van der Waals surface area (Å²) in [5, 5.41) is 5.68. The fourth-order valence-corrected chi connectivity index (χ4v) is 2.81. The molecular formula is C21H24N2O4. The van der Waals surface area contributed by atoms with Gasteiger partial charge < -0.3 is 20.1 Å². The number of benzene rings is 2. The van der Waals surface area contributed by atoms with Gasteiger partial charge in [-0.3, -0.25) is 9.59 Å². The van der Waals surface area contributed by atoms with Crippen molar-refractivity contribution in [3.8, 4) is 11.5 Å². The number of fused-ring (bicyclic) bond motifs is 1. The number of anilines is 1. The van der Waals surface area contributed by atoms with Crippen molar-refractivity contribution >= 4 is 17.5 Å². The highest BCUT2D eigenvalue weighted by Crippen LogP contribution is 2.32. The topological polar surface area (TPSA) is 76.7 Å². The zero-order valence-corrected chi connectivity index (χ0v) is 15.5. The average molecular weight is 368 g/mol. The van der Waals surface area contributed by atoms with Gasteiger partial charge >= 0.3 is 0 Å². The van der Waals surface area contributed by atoms with Crippen molar-refractivity contribution in [1.82, 2.24) is 5.32 Å². The summed E-state index contributed by atoms with van der Waals surface area (Å²) in [7, 11) is 0. The molecule has 2 aromatic carbocycles. The van der Waals surface area contributed by atoms with E-state index < -0.39 is 6.04 Å². The molecule has 27 heavy (non-hydrogen) atoms. The molecule has 1 aliphatic rings. The van der Waals surface area contributed by atoms with E-state index in [0.717, 1.165) is 6.42 Å². The van der Waals surface area contributed by atoms with Crippen molar-refractivity contribution in [3.63, 3.8) is 0 Å². The lowest BCUT2D eigenvalue weighted by Crippen LogP contribution is -2.47. The molecule has 142 valence electrons. The minimum atomic E-state index is -0.659. The van der Waals surface area contributed by atoms with Gasteiger partial charge in [-0.25, -0.2) is 0 Å².